The molecule has 0 aromatic heterocycles. The van der Waals surface area contributed by atoms with Crippen LogP contribution in [0.25, 0.3) is 0 Å². The normalized spacial score (nSPS) is 12.9. The van der Waals surface area contributed by atoms with Crippen LogP contribution >= 0.6 is 0 Å². The van der Waals surface area contributed by atoms with E-state index in [0.717, 1.165) is 5.56 Å². The van der Waals surface area contributed by atoms with Crippen molar-refractivity contribution in [1.82, 2.24) is 0 Å². The molecular formula is C9H11FO. The highest BCUT2D eigenvalue weighted by Crippen LogP contribution is 2.02. The lowest BCUT2D eigenvalue weighted by Gasteiger charge is -2.04. The van der Waals surface area contributed by atoms with E-state index in [1.807, 2.05) is 30.3 Å². The lowest BCUT2D eigenvalue weighted by atomic mass is 10.1. The molecule has 0 heterocycles. The van der Waals surface area contributed by atoms with Crippen LogP contribution in [-0.4, -0.2) is 17.9 Å². The summed E-state index contributed by atoms with van der Waals surface area (Å²) in [5.41, 5.74) is 0.970. The maximum Gasteiger partial charge on any atom is 0.116 e. The Hall–Kier alpha value is -0.890. The van der Waals surface area contributed by atoms with Crippen molar-refractivity contribution in [3.63, 3.8) is 0 Å². The third-order valence-electron chi connectivity index (χ3n) is 1.49. The van der Waals surface area contributed by atoms with Crippen LogP contribution in [0, 0.1) is 0 Å². The number of halogens is 1. The van der Waals surface area contributed by atoms with Crippen molar-refractivity contribution in [2.75, 3.05) is 6.67 Å². The topological polar surface area (TPSA) is 20.2 Å². The van der Waals surface area contributed by atoms with Gasteiger partial charge in [0.1, 0.15) is 6.67 Å². The smallest absolute Gasteiger partial charge is 0.116 e. The van der Waals surface area contributed by atoms with Crippen LogP contribution in [-0.2, 0) is 6.42 Å². The third-order valence-corrected chi connectivity index (χ3v) is 1.49. The molecule has 0 amide bonds. The molecule has 1 aromatic carbocycles. The molecule has 0 bridgehead atoms. The number of aliphatic hydroxyl groups is 1. The van der Waals surface area contributed by atoms with Crippen LogP contribution in [0.2, 0.25) is 0 Å². The maximum atomic E-state index is 11.8. The minimum atomic E-state index is -0.850. The Morgan fingerprint density at radius 1 is 1.27 bits per heavy atom. The Morgan fingerprint density at radius 2 is 1.91 bits per heavy atom. The zero-order valence-corrected chi connectivity index (χ0v) is 6.20. The van der Waals surface area contributed by atoms with Gasteiger partial charge < -0.3 is 5.11 Å². The molecule has 60 valence electrons. The zero-order valence-electron chi connectivity index (χ0n) is 6.20. The first kappa shape index (κ1) is 8.21. The molecule has 0 aliphatic carbocycles. The minimum absolute atomic E-state index is 0.400. The summed E-state index contributed by atoms with van der Waals surface area (Å²) in [4.78, 5) is 0. The molecule has 2 heteroatoms. The molecule has 0 saturated carbocycles. The molecule has 0 radical (unpaired) electrons. The molecule has 1 atom stereocenters. The van der Waals surface area contributed by atoms with Crippen molar-refractivity contribution >= 4 is 0 Å². The van der Waals surface area contributed by atoms with Crippen molar-refractivity contribution in [2.24, 2.45) is 0 Å². The van der Waals surface area contributed by atoms with E-state index in [1.165, 1.54) is 0 Å². The fraction of sp³-hybridized carbons (Fsp3) is 0.333. The molecule has 0 aliphatic rings. The van der Waals surface area contributed by atoms with Crippen LogP contribution in [0.5, 0.6) is 0 Å². The largest absolute Gasteiger partial charge is 0.390 e. The molecule has 1 N–H and O–H groups in total. The SMILES string of the molecule is OC(CF)Cc1ccccc1. The zero-order chi connectivity index (χ0) is 8.10. The van der Waals surface area contributed by atoms with Crippen LogP contribution in [0.1, 0.15) is 5.56 Å². The van der Waals surface area contributed by atoms with Crippen molar-refractivity contribution in [3.8, 4) is 0 Å². The number of aliphatic hydroxyl groups excluding tert-OH is 1. The summed E-state index contributed by atoms with van der Waals surface area (Å²) in [6.07, 6.45) is -0.449. The molecule has 1 rings (SSSR count). The Balaban J connectivity index is 2.51. The average Bonchev–Trinajstić information content (AvgIpc) is 2.06. The number of hydrogen-bond acceptors (Lipinski definition) is 1. The van der Waals surface area contributed by atoms with Crippen molar-refractivity contribution < 1.29 is 9.50 Å². The van der Waals surface area contributed by atoms with E-state index < -0.39 is 12.8 Å². The summed E-state index contributed by atoms with van der Waals surface area (Å²) in [5.74, 6) is 0. The average molecular weight is 154 g/mol. The predicted molar refractivity (Wildman–Crippen MR) is 42.1 cm³/mol. The molecular weight excluding hydrogens is 143 g/mol. The van der Waals surface area contributed by atoms with Gasteiger partial charge in [-0.15, -0.1) is 0 Å². The Morgan fingerprint density at radius 3 is 2.45 bits per heavy atom. The number of rotatable bonds is 3. The predicted octanol–water partition coefficient (Wildman–Crippen LogP) is 1.56. The first-order valence-electron chi connectivity index (χ1n) is 3.61. The second-order valence-corrected chi connectivity index (χ2v) is 2.50. The first-order valence-corrected chi connectivity index (χ1v) is 3.61. The van der Waals surface area contributed by atoms with Gasteiger partial charge in [0.05, 0.1) is 6.10 Å². The second-order valence-electron chi connectivity index (χ2n) is 2.50. The van der Waals surface area contributed by atoms with Gasteiger partial charge in [-0.2, -0.15) is 0 Å². The lowest BCUT2D eigenvalue weighted by Crippen LogP contribution is -2.12. The van der Waals surface area contributed by atoms with E-state index in [-0.39, 0.29) is 0 Å². The molecule has 11 heavy (non-hydrogen) atoms. The van der Waals surface area contributed by atoms with Gasteiger partial charge in [-0.05, 0) is 5.56 Å². The highest BCUT2D eigenvalue weighted by molar-refractivity contribution is 5.15. The summed E-state index contributed by atoms with van der Waals surface area (Å²) in [6, 6.07) is 9.39. The second kappa shape index (κ2) is 4.09. The summed E-state index contributed by atoms with van der Waals surface area (Å²) >= 11 is 0. The number of alkyl halides is 1. The Labute approximate surface area is 65.5 Å². The molecule has 1 unspecified atom stereocenters. The Kier molecular flexibility index (Phi) is 3.05. The highest BCUT2D eigenvalue weighted by Gasteiger charge is 2.02. The van der Waals surface area contributed by atoms with Gasteiger partial charge in [-0.1, -0.05) is 30.3 Å². The van der Waals surface area contributed by atoms with E-state index in [1.54, 1.807) is 0 Å². The van der Waals surface area contributed by atoms with Gasteiger partial charge in [0, 0.05) is 6.42 Å². The molecule has 0 aliphatic heterocycles. The van der Waals surface area contributed by atoms with Gasteiger partial charge in [-0.3, -0.25) is 0 Å². The van der Waals surface area contributed by atoms with Crippen LogP contribution in [0.4, 0.5) is 4.39 Å². The maximum absolute atomic E-state index is 11.8. The third kappa shape index (κ3) is 2.68. The van der Waals surface area contributed by atoms with Gasteiger partial charge in [0.25, 0.3) is 0 Å². The molecule has 0 fully saturated rings. The van der Waals surface area contributed by atoms with Gasteiger partial charge >= 0.3 is 0 Å². The summed E-state index contributed by atoms with van der Waals surface area (Å²) in [6.45, 7) is -0.672. The van der Waals surface area contributed by atoms with E-state index >= 15 is 0 Å². The highest BCUT2D eigenvalue weighted by atomic mass is 19.1. The van der Waals surface area contributed by atoms with Crippen molar-refractivity contribution in [2.45, 2.75) is 12.5 Å². The summed E-state index contributed by atoms with van der Waals surface area (Å²) in [7, 11) is 0. The van der Waals surface area contributed by atoms with E-state index in [0.29, 0.717) is 6.42 Å². The molecule has 0 spiro atoms. The van der Waals surface area contributed by atoms with Gasteiger partial charge in [-0.25, -0.2) is 4.39 Å². The fourth-order valence-corrected chi connectivity index (χ4v) is 0.941. The molecule has 1 aromatic rings. The van der Waals surface area contributed by atoms with Crippen LogP contribution in [0.15, 0.2) is 30.3 Å². The van der Waals surface area contributed by atoms with E-state index in [9.17, 15) is 4.39 Å². The standard InChI is InChI=1S/C9H11FO/c10-7-9(11)6-8-4-2-1-3-5-8/h1-5,9,11H,6-7H2. The molecule has 1 nitrogen and oxygen atoms in total. The monoisotopic (exact) mass is 154 g/mol. The quantitative estimate of drug-likeness (QED) is 0.700. The fourth-order valence-electron chi connectivity index (χ4n) is 0.941. The van der Waals surface area contributed by atoms with E-state index in [2.05, 4.69) is 0 Å². The molecule has 0 saturated heterocycles. The van der Waals surface area contributed by atoms with Gasteiger partial charge in [0.15, 0.2) is 0 Å². The van der Waals surface area contributed by atoms with E-state index in [4.69, 9.17) is 5.11 Å². The Bertz CT molecular complexity index is 198. The number of benzene rings is 1. The summed E-state index contributed by atoms with van der Waals surface area (Å²) in [5, 5.41) is 8.94. The van der Waals surface area contributed by atoms with Crippen LogP contribution < -0.4 is 0 Å². The van der Waals surface area contributed by atoms with Crippen molar-refractivity contribution in [3.05, 3.63) is 35.9 Å². The summed E-state index contributed by atoms with van der Waals surface area (Å²) < 4.78 is 11.8. The number of hydrogen-bond donors (Lipinski definition) is 1. The van der Waals surface area contributed by atoms with Gasteiger partial charge in [0.2, 0.25) is 0 Å². The van der Waals surface area contributed by atoms with Crippen LogP contribution in [0.3, 0.4) is 0 Å². The lowest BCUT2D eigenvalue weighted by molar-refractivity contribution is 0.140. The minimum Gasteiger partial charge on any atom is -0.390 e. The first-order chi connectivity index (χ1) is 5.33. The van der Waals surface area contributed by atoms with Crippen molar-refractivity contribution in [1.29, 1.82) is 0 Å².